The molecule has 4 aromatic rings. The minimum absolute atomic E-state index is 0.226. The average Bonchev–Trinajstić information content (AvgIpc) is 3.29. The molecule has 150 valence electrons. The van der Waals surface area contributed by atoms with E-state index in [1.165, 1.54) is 0 Å². The van der Waals surface area contributed by atoms with E-state index in [1.54, 1.807) is 31.5 Å². The molecule has 0 aliphatic carbocycles. The number of nitrogens with one attached hydrogen (secondary N) is 1. The van der Waals surface area contributed by atoms with Crippen molar-refractivity contribution in [3.63, 3.8) is 0 Å². The van der Waals surface area contributed by atoms with Crippen molar-refractivity contribution >= 4 is 24.9 Å². The van der Waals surface area contributed by atoms with Crippen molar-refractivity contribution in [3.8, 4) is 40.2 Å². The van der Waals surface area contributed by atoms with Crippen LogP contribution in [0, 0.1) is 11.3 Å². The zero-order chi connectivity index (χ0) is 21.8. The number of benzene rings is 3. The van der Waals surface area contributed by atoms with Gasteiger partial charge in [-0.2, -0.15) is 5.26 Å². The predicted octanol–water partition coefficient (Wildman–Crippen LogP) is 4.65. The van der Waals surface area contributed by atoms with E-state index in [2.05, 4.69) is 16.0 Å². The summed E-state index contributed by atoms with van der Waals surface area (Å²) in [4.78, 5) is 7.78. The molecule has 1 N–H and O–H groups in total. The quantitative estimate of drug-likeness (QED) is 0.456. The molecule has 31 heavy (non-hydrogen) atoms. The van der Waals surface area contributed by atoms with Gasteiger partial charge in [-0.15, -0.1) is 0 Å². The number of aromatic nitrogens is 2. The largest absolute Gasteiger partial charge is 0.493 e. The predicted molar refractivity (Wildman–Crippen MR) is 122 cm³/mol. The van der Waals surface area contributed by atoms with Crippen LogP contribution in [0.5, 0.6) is 11.5 Å². The van der Waals surface area contributed by atoms with E-state index in [-0.39, 0.29) is 6.61 Å². The van der Waals surface area contributed by atoms with E-state index in [1.807, 2.05) is 42.5 Å². The summed E-state index contributed by atoms with van der Waals surface area (Å²) in [6.45, 7) is 0.226. The van der Waals surface area contributed by atoms with Crippen molar-refractivity contribution in [1.82, 2.24) is 9.97 Å². The van der Waals surface area contributed by atoms with E-state index in [9.17, 15) is 5.26 Å². The van der Waals surface area contributed by atoms with Crippen LogP contribution < -0.4 is 14.9 Å². The van der Waals surface area contributed by atoms with Crippen molar-refractivity contribution in [1.29, 1.82) is 5.26 Å². The second-order valence-corrected chi connectivity index (χ2v) is 7.27. The molecule has 0 saturated heterocycles. The summed E-state index contributed by atoms with van der Waals surface area (Å²) in [5.74, 6) is 1.90. The molecule has 5 nitrogen and oxygen atoms in total. The van der Waals surface area contributed by atoms with E-state index in [4.69, 9.17) is 28.9 Å². The highest BCUT2D eigenvalue weighted by Crippen LogP contribution is 2.33. The Morgan fingerprint density at radius 3 is 2.55 bits per heavy atom. The molecule has 2 radical (unpaired) electrons. The molecular formula is C24H17BClN3O2. The monoisotopic (exact) mass is 425 g/mol. The number of hydrogen-bond acceptors (Lipinski definition) is 4. The van der Waals surface area contributed by atoms with E-state index < -0.39 is 0 Å². The second kappa shape index (κ2) is 8.99. The van der Waals surface area contributed by atoms with Gasteiger partial charge in [-0.3, -0.25) is 0 Å². The zero-order valence-corrected chi connectivity index (χ0v) is 17.5. The van der Waals surface area contributed by atoms with Crippen LogP contribution in [0.2, 0.25) is 5.02 Å². The Labute approximate surface area is 186 Å². The first-order valence-corrected chi connectivity index (χ1v) is 9.86. The number of rotatable bonds is 6. The maximum atomic E-state index is 9.30. The van der Waals surface area contributed by atoms with Crippen LogP contribution in [0.25, 0.3) is 22.6 Å². The highest BCUT2D eigenvalue weighted by atomic mass is 35.5. The van der Waals surface area contributed by atoms with E-state index in [0.717, 1.165) is 28.2 Å². The van der Waals surface area contributed by atoms with Gasteiger partial charge >= 0.3 is 0 Å². The Kier molecular flexibility index (Phi) is 5.97. The normalized spacial score (nSPS) is 10.5. The Morgan fingerprint density at radius 2 is 1.81 bits per heavy atom. The second-order valence-electron chi connectivity index (χ2n) is 6.84. The van der Waals surface area contributed by atoms with Gasteiger partial charge in [0.25, 0.3) is 0 Å². The van der Waals surface area contributed by atoms with Crippen LogP contribution in [0.15, 0.2) is 66.9 Å². The molecule has 0 aliphatic rings. The van der Waals surface area contributed by atoms with Gasteiger partial charge in [-0.1, -0.05) is 35.3 Å². The van der Waals surface area contributed by atoms with Crippen molar-refractivity contribution in [2.75, 3.05) is 7.11 Å². The number of nitrogens with zero attached hydrogens (tertiary/aromatic N) is 2. The Morgan fingerprint density at radius 1 is 1.03 bits per heavy atom. The first-order chi connectivity index (χ1) is 15.1. The fraction of sp³-hybridized carbons (Fsp3) is 0.0833. The summed E-state index contributed by atoms with van der Waals surface area (Å²) in [7, 11) is 7.33. The number of methoxy groups -OCH3 is 1. The number of aromatic amines is 1. The van der Waals surface area contributed by atoms with Gasteiger partial charge in [0.15, 0.2) is 11.5 Å². The molecule has 4 rings (SSSR count). The molecule has 7 heteroatoms. The fourth-order valence-corrected chi connectivity index (χ4v) is 3.28. The van der Waals surface area contributed by atoms with Gasteiger partial charge in [0, 0.05) is 21.7 Å². The summed E-state index contributed by atoms with van der Waals surface area (Å²) in [6.07, 6.45) is 1.77. The first kappa shape index (κ1) is 20.6. The summed E-state index contributed by atoms with van der Waals surface area (Å²) < 4.78 is 11.4. The molecule has 0 unspecified atom stereocenters. The molecule has 1 aromatic heterocycles. The summed E-state index contributed by atoms with van der Waals surface area (Å²) in [5.41, 5.74) is 4.48. The molecule has 3 aromatic carbocycles. The lowest BCUT2D eigenvalue weighted by Crippen LogP contribution is -2.06. The Balaban J connectivity index is 1.55. The Hall–Kier alpha value is -3.69. The number of imidazole rings is 1. The van der Waals surface area contributed by atoms with Gasteiger partial charge in [-0.05, 0) is 42.5 Å². The van der Waals surface area contributed by atoms with Gasteiger partial charge in [0.1, 0.15) is 20.3 Å². The molecule has 0 spiro atoms. The first-order valence-electron chi connectivity index (χ1n) is 9.48. The van der Waals surface area contributed by atoms with Crippen LogP contribution in [-0.2, 0) is 6.61 Å². The highest BCUT2D eigenvalue weighted by Gasteiger charge is 2.11. The lowest BCUT2D eigenvalue weighted by Gasteiger charge is -2.13. The lowest BCUT2D eigenvalue weighted by molar-refractivity contribution is 0.284. The number of halogens is 1. The van der Waals surface area contributed by atoms with Gasteiger partial charge < -0.3 is 14.5 Å². The smallest absolute Gasteiger partial charge is 0.161 e. The van der Waals surface area contributed by atoms with E-state index in [0.29, 0.717) is 27.5 Å². The zero-order valence-electron chi connectivity index (χ0n) is 16.7. The fourth-order valence-electron chi connectivity index (χ4n) is 3.16. The summed E-state index contributed by atoms with van der Waals surface area (Å²) in [5, 5.41) is 9.98. The van der Waals surface area contributed by atoms with Crippen LogP contribution >= 0.6 is 11.6 Å². The van der Waals surface area contributed by atoms with Crippen LogP contribution in [0.1, 0.15) is 11.1 Å². The topological polar surface area (TPSA) is 70.9 Å². The minimum atomic E-state index is 0.226. The third-order valence-corrected chi connectivity index (χ3v) is 5.06. The molecule has 0 aliphatic heterocycles. The van der Waals surface area contributed by atoms with Gasteiger partial charge in [0.2, 0.25) is 0 Å². The van der Waals surface area contributed by atoms with Crippen molar-refractivity contribution in [2.45, 2.75) is 6.61 Å². The average molecular weight is 426 g/mol. The maximum Gasteiger partial charge on any atom is 0.161 e. The molecule has 0 bridgehead atoms. The van der Waals surface area contributed by atoms with Crippen molar-refractivity contribution in [3.05, 3.63) is 83.0 Å². The standard InChI is InChI=1S/C24H17BClN3O2/c1-30-23-11-16(21-13-28-24(29-21)15-3-7-20(26)8-4-15)5-9-22(23)31-14-17-2-6-19(25)10-18(17)12-27/h2-11,13H,14H2,1H3,(H,28,29). The maximum absolute atomic E-state index is 9.30. The molecular weight excluding hydrogens is 409 g/mol. The number of nitriles is 1. The highest BCUT2D eigenvalue weighted by molar-refractivity contribution is 6.32. The number of hydrogen-bond donors (Lipinski definition) is 1. The molecule has 0 amide bonds. The lowest BCUT2D eigenvalue weighted by atomic mass is 9.92. The molecule has 0 atom stereocenters. The van der Waals surface area contributed by atoms with Crippen LogP contribution in [-0.4, -0.2) is 24.9 Å². The summed E-state index contributed by atoms with van der Waals surface area (Å²) in [6, 6.07) is 20.4. The molecule has 0 saturated carbocycles. The molecule has 0 fully saturated rings. The van der Waals surface area contributed by atoms with Crippen molar-refractivity contribution < 1.29 is 9.47 Å². The van der Waals surface area contributed by atoms with Crippen molar-refractivity contribution in [2.24, 2.45) is 0 Å². The number of H-pyrrole nitrogens is 1. The minimum Gasteiger partial charge on any atom is -0.493 e. The van der Waals surface area contributed by atoms with Crippen LogP contribution in [0.3, 0.4) is 0 Å². The Bertz CT molecular complexity index is 1260. The molecule has 1 heterocycles. The third kappa shape index (κ3) is 4.57. The number of ether oxygens (including phenoxy) is 2. The SMILES string of the molecule is [B]c1ccc(COc2ccc(-c3cnc(-c4ccc(Cl)cc4)[nH]3)cc2OC)c(C#N)c1. The van der Waals surface area contributed by atoms with Gasteiger partial charge in [-0.25, -0.2) is 4.98 Å². The van der Waals surface area contributed by atoms with Gasteiger partial charge in [0.05, 0.1) is 30.6 Å². The summed E-state index contributed by atoms with van der Waals surface area (Å²) >= 11 is 5.96. The van der Waals surface area contributed by atoms with E-state index >= 15 is 0 Å². The van der Waals surface area contributed by atoms with Crippen LogP contribution in [0.4, 0.5) is 0 Å². The third-order valence-electron chi connectivity index (χ3n) is 4.81.